The lowest BCUT2D eigenvalue weighted by Gasteiger charge is -2.03. The van der Waals surface area contributed by atoms with Gasteiger partial charge in [0, 0.05) is 50.3 Å². The summed E-state index contributed by atoms with van der Waals surface area (Å²) in [6.45, 7) is 3.01. The van der Waals surface area contributed by atoms with Gasteiger partial charge < -0.3 is 9.13 Å². The molecule has 0 atom stereocenters. The second-order valence-electron chi connectivity index (χ2n) is 7.02. The Kier molecular flexibility index (Phi) is 6.58. The topological polar surface area (TPSA) is 60.4 Å². The molecule has 6 nitrogen and oxygen atoms in total. The van der Waals surface area contributed by atoms with Gasteiger partial charge in [-0.2, -0.15) is 0 Å². The van der Waals surface area contributed by atoms with Crippen LogP contribution in [0.5, 0.6) is 0 Å². The van der Waals surface area contributed by atoms with Crippen molar-refractivity contribution >= 4 is 12.4 Å². The van der Waals surface area contributed by atoms with Gasteiger partial charge in [0.1, 0.15) is 0 Å². The molecule has 0 N–H and O–H groups in total. The van der Waals surface area contributed by atoms with Crippen molar-refractivity contribution in [2.24, 2.45) is 9.98 Å². The summed E-state index contributed by atoms with van der Waals surface area (Å²) in [4.78, 5) is 17.1. The molecular weight excluding hydrogens is 372 g/mol. The Morgan fingerprint density at radius 3 is 1.43 bits per heavy atom. The van der Waals surface area contributed by atoms with E-state index in [1.165, 1.54) is 11.1 Å². The van der Waals surface area contributed by atoms with E-state index in [0.717, 1.165) is 24.2 Å². The molecule has 2 aromatic heterocycles. The second kappa shape index (κ2) is 10.1. The third-order valence-corrected chi connectivity index (χ3v) is 4.65. The lowest BCUT2D eigenvalue weighted by atomic mass is 10.1. The highest BCUT2D eigenvalue weighted by Crippen LogP contribution is 2.06. The first-order valence-corrected chi connectivity index (χ1v) is 9.94. The molecule has 0 amide bonds. The molecule has 6 heteroatoms. The van der Waals surface area contributed by atoms with Gasteiger partial charge in [-0.3, -0.25) is 9.98 Å². The van der Waals surface area contributed by atoms with E-state index in [9.17, 15) is 0 Å². The number of aliphatic imine (C=N–C) groups is 2. The van der Waals surface area contributed by atoms with E-state index in [4.69, 9.17) is 0 Å². The van der Waals surface area contributed by atoms with Gasteiger partial charge in [0.2, 0.25) is 0 Å². The Hall–Kier alpha value is -3.80. The first-order valence-electron chi connectivity index (χ1n) is 9.94. The second-order valence-corrected chi connectivity index (χ2v) is 7.02. The normalized spacial score (nSPS) is 11.6. The van der Waals surface area contributed by atoms with Crippen molar-refractivity contribution in [3.63, 3.8) is 0 Å². The summed E-state index contributed by atoms with van der Waals surface area (Å²) >= 11 is 0. The lowest BCUT2D eigenvalue weighted by Crippen LogP contribution is -1.97. The van der Waals surface area contributed by atoms with Crippen molar-refractivity contribution in [2.75, 3.05) is 13.1 Å². The zero-order chi connectivity index (χ0) is 20.4. The van der Waals surface area contributed by atoms with E-state index in [-0.39, 0.29) is 0 Å². The van der Waals surface area contributed by atoms with Gasteiger partial charge in [-0.15, -0.1) is 0 Å². The molecule has 2 aromatic carbocycles. The van der Waals surface area contributed by atoms with Crippen LogP contribution in [0.2, 0.25) is 0 Å². The molecule has 0 saturated heterocycles. The summed E-state index contributed by atoms with van der Waals surface area (Å²) in [7, 11) is 0. The Morgan fingerprint density at radius 2 is 1.07 bits per heavy atom. The summed E-state index contributed by atoms with van der Waals surface area (Å²) in [5.74, 6) is 0. The molecule has 0 fully saturated rings. The van der Waals surface area contributed by atoms with Crippen LogP contribution in [0.25, 0.3) is 0 Å². The Morgan fingerprint density at radius 1 is 0.633 bits per heavy atom. The number of hydrogen-bond donors (Lipinski definition) is 0. The van der Waals surface area contributed by atoms with Gasteiger partial charge >= 0.3 is 0 Å². The van der Waals surface area contributed by atoms with E-state index >= 15 is 0 Å². The summed E-state index contributed by atoms with van der Waals surface area (Å²) in [5, 5.41) is 0. The highest BCUT2D eigenvalue weighted by atomic mass is 15.0. The summed E-state index contributed by atoms with van der Waals surface area (Å²) in [6.07, 6.45) is 15.0. The summed E-state index contributed by atoms with van der Waals surface area (Å²) in [5.41, 5.74) is 4.68. The van der Waals surface area contributed by atoms with Crippen molar-refractivity contribution in [3.05, 3.63) is 108 Å². The average molecular weight is 396 g/mol. The molecule has 0 aliphatic carbocycles. The Bertz CT molecular complexity index is 970. The van der Waals surface area contributed by atoms with Crippen LogP contribution in [0.4, 0.5) is 0 Å². The van der Waals surface area contributed by atoms with Crippen LogP contribution in [-0.4, -0.2) is 44.6 Å². The van der Waals surface area contributed by atoms with E-state index < -0.39 is 0 Å². The van der Waals surface area contributed by atoms with Gasteiger partial charge in [-0.25, -0.2) is 9.97 Å². The van der Waals surface area contributed by atoms with Crippen LogP contribution in [0, 0.1) is 0 Å². The largest absolute Gasteiger partial charge is 0.333 e. The minimum absolute atomic E-state index is 0.673. The number of nitrogens with zero attached hydrogens (tertiary/aromatic N) is 6. The van der Waals surface area contributed by atoms with Crippen LogP contribution >= 0.6 is 0 Å². The zero-order valence-electron chi connectivity index (χ0n) is 16.7. The molecule has 0 unspecified atom stereocenters. The molecule has 30 heavy (non-hydrogen) atoms. The number of imidazole rings is 2. The average Bonchev–Trinajstić information content (AvgIpc) is 3.47. The summed E-state index contributed by atoms with van der Waals surface area (Å²) in [6, 6.07) is 16.8. The quantitative estimate of drug-likeness (QED) is 0.320. The molecule has 0 aliphatic rings. The van der Waals surface area contributed by atoms with Gasteiger partial charge in [0.25, 0.3) is 0 Å². The van der Waals surface area contributed by atoms with E-state index in [1.807, 2.05) is 46.6 Å². The van der Waals surface area contributed by atoms with E-state index in [0.29, 0.717) is 13.1 Å². The Balaban J connectivity index is 1.19. The van der Waals surface area contributed by atoms with Crippen molar-refractivity contribution in [3.8, 4) is 0 Å². The molecule has 0 aliphatic heterocycles. The summed E-state index contributed by atoms with van der Waals surface area (Å²) < 4.78 is 4.10. The first kappa shape index (κ1) is 19.5. The van der Waals surface area contributed by atoms with Crippen molar-refractivity contribution in [1.29, 1.82) is 0 Å². The highest BCUT2D eigenvalue weighted by Gasteiger charge is 1.96. The van der Waals surface area contributed by atoms with Crippen molar-refractivity contribution in [2.45, 2.75) is 13.1 Å². The lowest BCUT2D eigenvalue weighted by molar-refractivity contribution is 0.797. The van der Waals surface area contributed by atoms with Crippen LogP contribution in [0.1, 0.15) is 22.3 Å². The Labute approximate surface area is 176 Å². The number of hydrogen-bond acceptors (Lipinski definition) is 4. The molecule has 0 bridgehead atoms. The van der Waals surface area contributed by atoms with Crippen LogP contribution < -0.4 is 0 Å². The minimum atomic E-state index is 0.673. The third kappa shape index (κ3) is 5.85. The molecular formula is C24H24N6. The van der Waals surface area contributed by atoms with Crippen LogP contribution in [0.15, 0.2) is 96.0 Å². The van der Waals surface area contributed by atoms with Gasteiger partial charge in [0.15, 0.2) is 0 Å². The maximum absolute atomic E-state index is 4.47. The van der Waals surface area contributed by atoms with E-state index in [2.05, 4.69) is 68.5 Å². The molecule has 0 saturated carbocycles. The predicted octanol–water partition coefficient (Wildman–Crippen LogP) is 3.71. The highest BCUT2D eigenvalue weighted by molar-refractivity contribution is 5.80. The molecule has 2 heterocycles. The van der Waals surface area contributed by atoms with Gasteiger partial charge in [0.05, 0.1) is 25.7 Å². The SMILES string of the molecule is C(=NCCN=Cc1ccc(Cn2ccnc2)cc1)c1ccc(Cn2ccnc2)cc1. The number of benzene rings is 2. The fraction of sp³-hybridized carbons (Fsp3) is 0.167. The standard InChI is InChI=1S/C24H24N6/c1-5-23(17-29-13-11-27-19-29)6-2-21(1)15-25-9-10-26-16-22-3-7-24(8-4-22)18-30-14-12-28-20-30/h1-8,11-16,19-20H,9-10,17-18H2. The zero-order valence-corrected chi connectivity index (χ0v) is 16.7. The first-order chi connectivity index (χ1) is 14.8. The maximum atomic E-state index is 4.47. The molecule has 4 rings (SSSR count). The number of rotatable bonds is 9. The number of aromatic nitrogens is 4. The fourth-order valence-corrected chi connectivity index (χ4v) is 3.06. The fourth-order valence-electron chi connectivity index (χ4n) is 3.06. The monoisotopic (exact) mass is 396 g/mol. The van der Waals surface area contributed by atoms with Gasteiger partial charge in [-0.1, -0.05) is 48.5 Å². The van der Waals surface area contributed by atoms with E-state index in [1.54, 1.807) is 12.4 Å². The smallest absolute Gasteiger partial charge is 0.0949 e. The van der Waals surface area contributed by atoms with Crippen LogP contribution in [0.3, 0.4) is 0 Å². The maximum Gasteiger partial charge on any atom is 0.0949 e. The molecule has 0 radical (unpaired) electrons. The van der Waals surface area contributed by atoms with Gasteiger partial charge in [-0.05, 0) is 22.3 Å². The third-order valence-electron chi connectivity index (χ3n) is 4.65. The predicted molar refractivity (Wildman–Crippen MR) is 120 cm³/mol. The molecule has 150 valence electrons. The molecule has 4 aromatic rings. The van der Waals surface area contributed by atoms with Crippen molar-refractivity contribution in [1.82, 2.24) is 19.1 Å². The van der Waals surface area contributed by atoms with Crippen molar-refractivity contribution < 1.29 is 0 Å². The van der Waals surface area contributed by atoms with Crippen LogP contribution in [-0.2, 0) is 13.1 Å². The minimum Gasteiger partial charge on any atom is -0.333 e. The molecule has 0 spiro atoms.